The number of anilines is 2. The second-order valence-corrected chi connectivity index (χ2v) is 6.80. The molecule has 140 valence electrons. The Bertz CT molecular complexity index is 1200. The van der Waals surface area contributed by atoms with Gasteiger partial charge in [-0.15, -0.1) is 4.57 Å². The van der Waals surface area contributed by atoms with E-state index >= 15 is 0 Å². The van der Waals surface area contributed by atoms with Gasteiger partial charge in [0.05, 0.1) is 30.8 Å². The largest absolute Gasteiger partial charge is 0.494 e. The molecule has 0 atom stereocenters. The summed E-state index contributed by atoms with van der Waals surface area (Å²) in [7, 11) is 1.65. The molecule has 0 bridgehead atoms. The molecule has 7 heteroatoms. The molecule has 4 heterocycles. The number of para-hydroxylation sites is 1. The Labute approximate surface area is 161 Å². The molecule has 28 heavy (non-hydrogen) atoms. The third kappa shape index (κ3) is 2.32. The fourth-order valence-corrected chi connectivity index (χ4v) is 3.95. The zero-order valence-electron chi connectivity index (χ0n) is 15.6. The topological polar surface area (TPSA) is 80.3 Å². The number of benzene rings is 1. The highest BCUT2D eigenvalue weighted by Crippen LogP contribution is 2.38. The van der Waals surface area contributed by atoms with Gasteiger partial charge in [0.1, 0.15) is 17.0 Å². The molecule has 0 saturated heterocycles. The molecule has 1 amide bonds. The van der Waals surface area contributed by atoms with Gasteiger partial charge in [-0.25, -0.2) is 0 Å². The van der Waals surface area contributed by atoms with Crippen LogP contribution in [0.3, 0.4) is 0 Å². The maximum atomic E-state index is 12.8. The summed E-state index contributed by atoms with van der Waals surface area (Å²) in [6.45, 7) is 2.59. The van der Waals surface area contributed by atoms with Crippen LogP contribution in [0.5, 0.6) is 5.75 Å². The van der Waals surface area contributed by atoms with Crippen molar-refractivity contribution in [3.05, 3.63) is 59.9 Å². The first-order chi connectivity index (χ1) is 13.7. The zero-order chi connectivity index (χ0) is 19.3. The number of aryl methyl sites for hydroxylation is 1. The Morgan fingerprint density at radius 2 is 2.21 bits per heavy atom. The number of rotatable bonds is 3. The zero-order valence-corrected chi connectivity index (χ0v) is 15.6. The maximum absolute atomic E-state index is 12.8. The fourth-order valence-electron chi connectivity index (χ4n) is 3.95. The molecule has 5 rings (SSSR count). The molecular weight excluding hydrogens is 356 g/mol. The number of hydrogen-bond donors (Lipinski definition) is 2. The van der Waals surface area contributed by atoms with Gasteiger partial charge in [-0.3, -0.25) is 9.78 Å². The molecule has 1 aromatic heterocycles. The lowest BCUT2D eigenvalue weighted by Gasteiger charge is -2.14. The van der Waals surface area contributed by atoms with Crippen molar-refractivity contribution >= 4 is 28.3 Å². The lowest BCUT2D eigenvalue weighted by Crippen LogP contribution is -2.39. The average molecular weight is 375 g/mol. The summed E-state index contributed by atoms with van der Waals surface area (Å²) in [5.41, 5.74) is 5.66. The highest BCUT2D eigenvalue weighted by Gasteiger charge is 2.39. The summed E-state index contributed by atoms with van der Waals surface area (Å²) in [5.74, 6) is 0.652. The molecule has 0 fully saturated rings. The van der Waals surface area contributed by atoms with E-state index in [0.717, 1.165) is 45.9 Å². The molecule has 3 aliphatic heterocycles. The van der Waals surface area contributed by atoms with Gasteiger partial charge in [-0.2, -0.15) is 0 Å². The SMILES string of the molecule is COc1c(C)cccc1Nc1c2c([n+]3coc4cnccc4c1-3)CCNC2=O. The second-order valence-electron chi connectivity index (χ2n) is 6.80. The number of carbonyl (C=O) groups excluding carboxylic acids is 1. The molecule has 0 aliphatic carbocycles. The predicted octanol–water partition coefficient (Wildman–Crippen LogP) is 2.89. The van der Waals surface area contributed by atoms with E-state index in [0.29, 0.717) is 17.7 Å². The number of aromatic nitrogens is 2. The van der Waals surface area contributed by atoms with E-state index in [-0.39, 0.29) is 5.91 Å². The summed E-state index contributed by atoms with van der Waals surface area (Å²) in [6.07, 6.45) is 5.77. The molecule has 0 unspecified atom stereocenters. The number of ether oxygens (including phenoxy) is 1. The van der Waals surface area contributed by atoms with E-state index in [9.17, 15) is 4.79 Å². The van der Waals surface area contributed by atoms with Crippen LogP contribution in [0, 0.1) is 6.92 Å². The Hall–Kier alpha value is -3.61. The number of nitrogens with one attached hydrogen (secondary N) is 2. The Kier molecular flexibility index (Phi) is 3.68. The highest BCUT2D eigenvalue weighted by atomic mass is 16.5. The van der Waals surface area contributed by atoms with E-state index in [1.165, 1.54) is 0 Å². The monoisotopic (exact) mass is 375 g/mol. The summed E-state index contributed by atoms with van der Waals surface area (Å²) in [4.78, 5) is 16.9. The third-order valence-electron chi connectivity index (χ3n) is 5.18. The Morgan fingerprint density at radius 3 is 3.07 bits per heavy atom. The van der Waals surface area contributed by atoms with Gasteiger partial charge in [0.2, 0.25) is 11.4 Å². The molecule has 2 aromatic rings. The van der Waals surface area contributed by atoms with Gasteiger partial charge >= 0.3 is 6.39 Å². The van der Waals surface area contributed by atoms with Crippen molar-refractivity contribution in [3.8, 4) is 11.4 Å². The number of amides is 1. The van der Waals surface area contributed by atoms with Crippen LogP contribution >= 0.6 is 0 Å². The number of carbonyl (C=O) groups is 1. The summed E-state index contributed by atoms with van der Waals surface area (Å²) in [5, 5.41) is 7.30. The molecule has 7 nitrogen and oxygen atoms in total. The predicted molar refractivity (Wildman–Crippen MR) is 104 cm³/mol. The summed E-state index contributed by atoms with van der Waals surface area (Å²) >= 11 is 0. The van der Waals surface area contributed by atoms with Crippen molar-refractivity contribution in [2.45, 2.75) is 13.3 Å². The molecule has 0 saturated carbocycles. The van der Waals surface area contributed by atoms with Crippen LogP contribution in [0.1, 0.15) is 21.6 Å². The van der Waals surface area contributed by atoms with Crippen LogP contribution < -0.4 is 19.9 Å². The average Bonchev–Trinajstić information content (AvgIpc) is 3.04. The molecule has 3 aliphatic rings. The van der Waals surface area contributed by atoms with Crippen molar-refractivity contribution in [2.75, 3.05) is 19.0 Å². The van der Waals surface area contributed by atoms with Gasteiger partial charge in [0, 0.05) is 12.7 Å². The quantitative estimate of drug-likeness (QED) is 0.538. The molecular formula is C21H19N4O3+. The summed E-state index contributed by atoms with van der Waals surface area (Å²) < 4.78 is 13.3. The van der Waals surface area contributed by atoms with Crippen molar-refractivity contribution in [3.63, 3.8) is 0 Å². The first-order valence-corrected chi connectivity index (χ1v) is 9.09. The first-order valence-electron chi connectivity index (χ1n) is 9.09. The van der Waals surface area contributed by atoms with Gasteiger partial charge in [0.25, 0.3) is 5.91 Å². The highest BCUT2D eigenvalue weighted by molar-refractivity contribution is 6.06. The van der Waals surface area contributed by atoms with Crippen molar-refractivity contribution in [1.29, 1.82) is 0 Å². The van der Waals surface area contributed by atoms with Gasteiger partial charge in [-0.1, -0.05) is 12.1 Å². The Morgan fingerprint density at radius 1 is 1.32 bits per heavy atom. The van der Waals surface area contributed by atoms with Crippen LogP contribution in [0.25, 0.3) is 16.7 Å². The van der Waals surface area contributed by atoms with Crippen molar-refractivity contribution < 1.29 is 18.5 Å². The molecule has 2 N–H and O–H groups in total. The molecule has 0 radical (unpaired) electrons. The van der Waals surface area contributed by atoms with Gasteiger partial charge in [0.15, 0.2) is 5.58 Å². The number of pyridine rings is 1. The fraction of sp³-hybridized carbons (Fsp3) is 0.190. The van der Waals surface area contributed by atoms with Gasteiger partial charge < -0.3 is 19.8 Å². The minimum atomic E-state index is -0.0960. The number of fused-ring (bicyclic) bond motifs is 5. The third-order valence-corrected chi connectivity index (χ3v) is 5.18. The lowest BCUT2D eigenvalue weighted by atomic mass is 10.1. The van der Waals surface area contributed by atoms with Crippen molar-refractivity contribution in [1.82, 2.24) is 10.3 Å². The summed E-state index contributed by atoms with van der Waals surface area (Å²) in [6, 6.07) is 7.79. The minimum Gasteiger partial charge on any atom is -0.494 e. The Balaban J connectivity index is 1.82. The number of hydrogen-bond acceptors (Lipinski definition) is 5. The van der Waals surface area contributed by atoms with E-state index in [4.69, 9.17) is 9.15 Å². The lowest BCUT2D eigenvalue weighted by molar-refractivity contribution is -0.610. The van der Waals surface area contributed by atoms with E-state index in [1.54, 1.807) is 25.9 Å². The normalized spacial score (nSPS) is 13.4. The van der Waals surface area contributed by atoms with Crippen LogP contribution in [0.15, 0.2) is 47.5 Å². The number of methoxy groups -OCH3 is 1. The standard InChI is InChI=1S/C21H18N4O3/c1-12-4-3-5-14(20(12)27-2)24-18-17-15(7-9-23-21(17)26)25-11-28-16-10-22-8-6-13(16)19(18)25/h3-6,8,10-11H,7,9H2,1-2H3,(H-,22,23,24,26)/p+1. The van der Waals surface area contributed by atoms with Crippen LogP contribution in [-0.4, -0.2) is 24.5 Å². The second kappa shape index (κ2) is 6.23. The van der Waals surface area contributed by atoms with E-state index in [1.807, 2.05) is 35.8 Å². The van der Waals surface area contributed by atoms with Crippen molar-refractivity contribution in [2.24, 2.45) is 0 Å². The number of nitrogens with zero attached hydrogens (tertiary/aromatic N) is 2. The molecule has 1 aromatic carbocycles. The first kappa shape index (κ1) is 16.6. The van der Waals surface area contributed by atoms with Crippen LogP contribution in [0.2, 0.25) is 0 Å². The van der Waals surface area contributed by atoms with Crippen LogP contribution in [-0.2, 0) is 6.42 Å². The van der Waals surface area contributed by atoms with E-state index in [2.05, 4.69) is 15.6 Å². The minimum absolute atomic E-state index is 0.0960. The van der Waals surface area contributed by atoms with Gasteiger partial charge in [-0.05, 0) is 24.6 Å². The van der Waals surface area contributed by atoms with Crippen LogP contribution in [0.4, 0.5) is 11.4 Å². The van der Waals surface area contributed by atoms with E-state index < -0.39 is 0 Å². The smallest absolute Gasteiger partial charge is 0.341 e. The maximum Gasteiger partial charge on any atom is 0.341 e. The molecule has 0 spiro atoms.